The fourth-order valence-corrected chi connectivity index (χ4v) is 10.4. The van der Waals surface area contributed by atoms with Crippen molar-refractivity contribution in [2.24, 2.45) is 0 Å². The van der Waals surface area contributed by atoms with Crippen LogP contribution in [0.15, 0.2) is 114 Å². The Hall–Kier alpha value is -2.43. The molecule has 1 unspecified atom stereocenters. The number of hydrogen-bond donors (Lipinski definition) is 0. The van der Waals surface area contributed by atoms with Gasteiger partial charge in [0, 0.05) is 0 Å². The van der Waals surface area contributed by atoms with E-state index in [9.17, 15) is 0 Å². The van der Waals surface area contributed by atoms with E-state index in [4.69, 9.17) is 0 Å². The van der Waals surface area contributed by atoms with E-state index in [0.29, 0.717) is 5.66 Å². The van der Waals surface area contributed by atoms with Gasteiger partial charge in [-0.3, -0.25) is 0 Å². The average molecular weight is 443 g/mol. The van der Waals surface area contributed by atoms with Crippen LogP contribution < -0.4 is 15.9 Å². The molecule has 0 saturated carbocycles. The molecule has 0 aliphatic rings. The minimum absolute atomic E-state index is 0.580. The van der Waals surface area contributed by atoms with Crippen LogP contribution in [0.4, 0.5) is 0 Å². The van der Waals surface area contributed by atoms with Crippen molar-refractivity contribution in [2.75, 3.05) is 0 Å². The predicted octanol–water partition coefficient (Wildman–Crippen LogP) is 7.57. The molecule has 3 rings (SSSR count). The van der Waals surface area contributed by atoms with Gasteiger partial charge in [0.25, 0.3) is 0 Å². The van der Waals surface area contributed by atoms with Gasteiger partial charge in [0.2, 0.25) is 0 Å². The van der Waals surface area contributed by atoms with Crippen LogP contribution in [0.25, 0.3) is 0 Å². The standard InChI is InChI=1S/C31H39P/c1-26(2)16-14-17-27(3)18-15-19-28(4)32(29-20-8-5-9-21-29,30-22-10-6-11-23-30)31-24-12-7-13-25-31/h5-13,16,18,20-25,28,32H,14-15,17,19H2,1-4H3/b27-18+. The Kier molecular flexibility index (Phi) is 9.07. The zero-order valence-corrected chi connectivity index (χ0v) is 21.2. The molecule has 168 valence electrons. The molecule has 0 spiro atoms. The average Bonchev–Trinajstić information content (AvgIpc) is 2.81. The van der Waals surface area contributed by atoms with Crippen LogP contribution in [-0.4, -0.2) is 5.66 Å². The van der Waals surface area contributed by atoms with Gasteiger partial charge in [-0.2, -0.15) is 0 Å². The Balaban J connectivity index is 1.97. The second-order valence-corrected chi connectivity index (χ2v) is 13.6. The Bertz CT molecular complexity index is 899. The third kappa shape index (κ3) is 5.87. The zero-order chi connectivity index (χ0) is 22.8. The third-order valence-electron chi connectivity index (χ3n) is 6.61. The number of hydrogen-bond acceptors (Lipinski definition) is 0. The monoisotopic (exact) mass is 442 g/mol. The van der Waals surface area contributed by atoms with Crippen molar-refractivity contribution in [2.45, 2.75) is 59.0 Å². The first-order valence-electron chi connectivity index (χ1n) is 12.0. The van der Waals surface area contributed by atoms with Crippen LogP contribution >= 0.6 is 7.26 Å². The molecule has 1 atom stereocenters. The summed E-state index contributed by atoms with van der Waals surface area (Å²) in [6.45, 7) is 9.15. The van der Waals surface area contributed by atoms with Gasteiger partial charge in [-0.05, 0) is 0 Å². The van der Waals surface area contributed by atoms with Crippen molar-refractivity contribution in [3.8, 4) is 0 Å². The topological polar surface area (TPSA) is 0 Å². The summed E-state index contributed by atoms with van der Waals surface area (Å²) in [4.78, 5) is 0. The SMILES string of the molecule is CC(C)=CCC/C(C)=C/CCC(C)[PH](c1ccccc1)(c1ccccc1)c1ccccc1. The molecule has 0 amide bonds. The fourth-order valence-electron chi connectivity index (χ4n) is 4.94. The number of rotatable bonds is 10. The fraction of sp³-hybridized carbons (Fsp3) is 0.290. The summed E-state index contributed by atoms with van der Waals surface area (Å²) in [5.74, 6) is 0. The van der Waals surface area contributed by atoms with Gasteiger partial charge in [0.05, 0.1) is 0 Å². The van der Waals surface area contributed by atoms with Gasteiger partial charge in [-0.15, -0.1) is 0 Å². The van der Waals surface area contributed by atoms with E-state index in [1.165, 1.54) is 33.5 Å². The molecule has 0 nitrogen and oxygen atoms in total. The van der Waals surface area contributed by atoms with Crippen LogP contribution in [0.2, 0.25) is 0 Å². The van der Waals surface area contributed by atoms with E-state index in [1.807, 2.05) is 0 Å². The van der Waals surface area contributed by atoms with Crippen LogP contribution in [0.5, 0.6) is 0 Å². The van der Waals surface area contributed by atoms with Crippen LogP contribution in [-0.2, 0) is 0 Å². The summed E-state index contributed by atoms with van der Waals surface area (Å²) in [6.07, 6.45) is 9.48. The van der Waals surface area contributed by atoms with Gasteiger partial charge in [0.1, 0.15) is 0 Å². The number of benzene rings is 3. The van der Waals surface area contributed by atoms with Crippen molar-refractivity contribution < 1.29 is 0 Å². The van der Waals surface area contributed by atoms with Gasteiger partial charge < -0.3 is 0 Å². The molecule has 0 fully saturated rings. The summed E-state index contributed by atoms with van der Waals surface area (Å²) >= 11 is 0. The van der Waals surface area contributed by atoms with Crippen LogP contribution in [0.1, 0.15) is 53.4 Å². The van der Waals surface area contributed by atoms with E-state index in [-0.39, 0.29) is 0 Å². The van der Waals surface area contributed by atoms with E-state index >= 15 is 0 Å². The Morgan fingerprint density at radius 2 is 1.09 bits per heavy atom. The van der Waals surface area contributed by atoms with Gasteiger partial charge in [-0.1, -0.05) is 0 Å². The molecule has 0 radical (unpaired) electrons. The molecule has 0 heterocycles. The van der Waals surface area contributed by atoms with Crippen molar-refractivity contribution in [1.82, 2.24) is 0 Å². The summed E-state index contributed by atoms with van der Waals surface area (Å²) in [5.41, 5.74) is 3.51. The maximum atomic E-state index is 2.49. The quantitative estimate of drug-likeness (QED) is 0.224. The molecule has 0 aliphatic carbocycles. The second kappa shape index (κ2) is 12.0. The predicted molar refractivity (Wildman–Crippen MR) is 148 cm³/mol. The molecule has 3 aromatic rings. The zero-order valence-electron chi connectivity index (χ0n) is 20.2. The summed E-state index contributed by atoms with van der Waals surface area (Å²) in [5, 5.41) is 4.53. The molecule has 0 saturated heterocycles. The van der Waals surface area contributed by atoms with Crippen molar-refractivity contribution in [3.63, 3.8) is 0 Å². The van der Waals surface area contributed by atoms with E-state index < -0.39 is 7.26 Å². The Morgan fingerprint density at radius 3 is 1.50 bits per heavy atom. The molecule has 1 heteroatoms. The first-order chi connectivity index (χ1) is 15.5. The van der Waals surface area contributed by atoms with Crippen molar-refractivity contribution in [1.29, 1.82) is 0 Å². The first kappa shape index (κ1) is 24.2. The van der Waals surface area contributed by atoms with Crippen LogP contribution in [0, 0.1) is 0 Å². The van der Waals surface area contributed by atoms with Gasteiger partial charge >= 0.3 is 197 Å². The minimum atomic E-state index is -2.18. The van der Waals surface area contributed by atoms with Crippen molar-refractivity contribution >= 4 is 23.2 Å². The second-order valence-electron chi connectivity index (χ2n) is 9.26. The van der Waals surface area contributed by atoms with Gasteiger partial charge in [-0.25, -0.2) is 0 Å². The van der Waals surface area contributed by atoms with Gasteiger partial charge in [0.15, 0.2) is 0 Å². The molecule has 0 aliphatic heterocycles. The molecule has 32 heavy (non-hydrogen) atoms. The molecular formula is C31H39P. The molecular weight excluding hydrogens is 403 g/mol. The van der Waals surface area contributed by atoms with Crippen LogP contribution in [0.3, 0.4) is 0 Å². The van der Waals surface area contributed by atoms with E-state index in [1.54, 1.807) is 0 Å². The third-order valence-corrected chi connectivity index (χ3v) is 12.1. The Labute approximate surface area is 196 Å². The van der Waals surface area contributed by atoms with E-state index in [0.717, 1.165) is 19.3 Å². The maximum absolute atomic E-state index is 2.49. The van der Waals surface area contributed by atoms with E-state index in [2.05, 4.69) is 131 Å². The first-order valence-corrected chi connectivity index (χ1v) is 14.1. The summed E-state index contributed by atoms with van der Waals surface area (Å²) < 4.78 is 0. The molecule has 0 N–H and O–H groups in total. The summed E-state index contributed by atoms with van der Waals surface area (Å²) in [7, 11) is -2.18. The normalized spacial score (nSPS) is 13.4. The molecule has 3 aromatic carbocycles. The number of allylic oxidation sites excluding steroid dienone is 4. The van der Waals surface area contributed by atoms with Crippen molar-refractivity contribution in [3.05, 3.63) is 114 Å². The summed E-state index contributed by atoms with van der Waals surface area (Å²) in [6, 6.07) is 33.9. The molecule has 0 bridgehead atoms. The Morgan fingerprint density at radius 1 is 0.656 bits per heavy atom. The molecule has 0 aromatic heterocycles.